The molecule has 1 aliphatic heterocycles. The van der Waals surface area contributed by atoms with E-state index in [-0.39, 0.29) is 11.6 Å². The van der Waals surface area contributed by atoms with Crippen LogP contribution in [0.15, 0.2) is 24.3 Å². The first-order valence-corrected chi connectivity index (χ1v) is 6.19. The fourth-order valence-electron chi connectivity index (χ4n) is 1.97. The van der Waals surface area contributed by atoms with Crippen molar-refractivity contribution in [3.8, 4) is 5.75 Å². The van der Waals surface area contributed by atoms with E-state index in [0.717, 1.165) is 30.8 Å². The van der Waals surface area contributed by atoms with Gasteiger partial charge < -0.3 is 15.2 Å². The van der Waals surface area contributed by atoms with Crippen LogP contribution in [0, 0.1) is 0 Å². The molecule has 0 aromatic heterocycles. The van der Waals surface area contributed by atoms with Crippen LogP contribution in [0.1, 0.15) is 32.3 Å². The lowest BCUT2D eigenvalue weighted by molar-refractivity contribution is 0.00737. The third kappa shape index (κ3) is 3.45. The molecule has 1 aromatic carbocycles. The van der Waals surface area contributed by atoms with Gasteiger partial charge >= 0.3 is 0 Å². The Hall–Kier alpha value is -1.06. The van der Waals surface area contributed by atoms with Gasteiger partial charge in [0.05, 0.1) is 6.61 Å². The van der Waals surface area contributed by atoms with Gasteiger partial charge in [-0.1, -0.05) is 12.1 Å². The minimum absolute atomic E-state index is 0.180. The summed E-state index contributed by atoms with van der Waals surface area (Å²) in [4.78, 5) is 0. The van der Waals surface area contributed by atoms with Crippen LogP contribution in [0.5, 0.6) is 5.75 Å². The molecule has 94 valence electrons. The zero-order chi connectivity index (χ0) is 12.3. The monoisotopic (exact) mass is 235 g/mol. The Morgan fingerprint density at radius 1 is 1.41 bits per heavy atom. The topological polar surface area (TPSA) is 44.5 Å². The number of hydrogen-bond donors (Lipinski definition) is 1. The van der Waals surface area contributed by atoms with Crippen molar-refractivity contribution >= 4 is 0 Å². The molecule has 3 heteroatoms. The molecule has 1 aliphatic rings. The molecule has 1 unspecified atom stereocenters. The number of ether oxygens (including phenoxy) is 2. The van der Waals surface area contributed by atoms with E-state index in [1.807, 2.05) is 38.1 Å². The maximum absolute atomic E-state index is 6.08. The molecule has 17 heavy (non-hydrogen) atoms. The quantitative estimate of drug-likeness (QED) is 0.875. The summed E-state index contributed by atoms with van der Waals surface area (Å²) in [5.74, 6) is 0.886. The van der Waals surface area contributed by atoms with Gasteiger partial charge in [0.2, 0.25) is 0 Å². The van der Waals surface area contributed by atoms with Crippen LogP contribution >= 0.6 is 0 Å². The van der Waals surface area contributed by atoms with E-state index in [4.69, 9.17) is 15.2 Å². The van der Waals surface area contributed by atoms with Gasteiger partial charge in [0, 0.05) is 12.1 Å². The van der Waals surface area contributed by atoms with E-state index in [1.165, 1.54) is 0 Å². The summed E-state index contributed by atoms with van der Waals surface area (Å²) >= 11 is 0. The van der Waals surface area contributed by atoms with Crippen LogP contribution in [-0.4, -0.2) is 19.3 Å². The molecule has 1 atom stereocenters. The van der Waals surface area contributed by atoms with Crippen molar-refractivity contribution < 1.29 is 9.47 Å². The summed E-state index contributed by atoms with van der Waals surface area (Å²) in [5.41, 5.74) is 6.84. The highest BCUT2D eigenvalue weighted by Crippen LogP contribution is 2.23. The lowest BCUT2D eigenvalue weighted by Crippen LogP contribution is -2.30. The van der Waals surface area contributed by atoms with E-state index in [1.54, 1.807) is 0 Å². The molecular weight excluding hydrogens is 214 g/mol. The number of hydrogen-bond acceptors (Lipinski definition) is 3. The van der Waals surface area contributed by atoms with Gasteiger partial charge in [0.1, 0.15) is 11.9 Å². The molecule has 1 fully saturated rings. The fourth-order valence-corrected chi connectivity index (χ4v) is 1.97. The molecule has 2 N–H and O–H groups in total. The minimum Gasteiger partial charge on any atom is -0.488 e. The van der Waals surface area contributed by atoms with Crippen LogP contribution in [-0.2, 0) is 10.3 Å². The smallest absolute Gasteiger partial charge is 0.122 e. The molecule has 0 bridgehead atoms. The fraction of sp³-hybridized carbons (Fsp3) is 0.571. The van der Waals surface area contributed by atoms with Crippen molar-refractivity contribution in [2.45, 2.75) is 38.3 Å². The van der Waals surface area contributed by atoms with Crippen LogP contribution in [0.4, 0.5) is 0 Å². The number of nitrogens with two attached hydrogens (primary N) is 1. The molecular formula is C14H21NO2. The third-order valence-corrected chi connectivity index (χ3v) is 3.00. The van der Waals surface area contributed by atoms with Crippen molar-refractivity contribution in [2.24, 2.45) is 5.73 Å². The van der Waals surface area contributed by atoms with Crippen LogP contribution in [0.25, 0.3) is 0 Å². The van der Waals surface area contributed by atoms with Crippen molar-refractivity contribution in [1.29, 1.82) is 0 Å². The maximum atomic E-state index is 6.08. The summed E-state index contributed by atoms with van der Waals surface area (Å²) in [6.45, 7) is 5.54. The normalized spacial score (nSPS) is 21.2. The van der Waals surface area contributed by atoms with E-state index in [9.17, 15) is 0 Å². The Morgan fingerprint density at radius 3 is 2.88 bits per heavy atom. The number of benzene rings is 1. The van der Waals surface area contributed by atoms with Crippen molar-refractivity contribution in [2.75, 3.05) is 13.2 Å². The second-order valence-electron chi connectivity index (χ2n) is 5.21. The highest BCUT2D eigenvalue weighted by Gasteiger charge is 2.18. The molecule has 3 nitrogen and oxygen atoms in total. The first-order valence-electron chi connectivity index (χ1n) is 6.19. The number of rotatable bonds is 3. The zero-order valence-electron chi connectivity index (χ0n) is 10.6. The van der Waals surface area contributed by atoms with E-state index < -0.39 is 0 Å². The lowest BCUT2D eigenvalue weighted by atomic mass is 9.96. The summed E-state index contributed by atoms with van der Waals surface area (Å²) in [6.07, 6.45) is 2.32. The Bertz CT molecular complexity index is 365. The zero-order valence-corrected chi connectivity index (χ0v) is 10.6. The molecule has 1 aromatic rings. The molecule has 2 rings (SSSR count). The maximum Gasteiger partial charge on any atom is 0.122 e. The van der Waals surface area contributed by atoms with E-state index in [2.05, 4.69) is 0 Å². The Balaban J connectivity index is 2.05. The highest BCUT2D eigenvalue weighted by atomic mass is 16.5. The molecule has 0 spiro atoms. The van der Waals surface area contributed by atoms with Crippen molar-refractivity contribution in [3.63, 3.8) is 0 Å². The minimum atomic E-state index is -0.331. The first-order chi connectivity index (χ1) is 8.05. The molecule has 0 saturated carbocycles. The van der Waals surface area contributed by atoms with Crippen LogP contribution in [0.3, 0.4) is 0 Å². The van der Waals surface area contributed by atoms with Gasteiger partial charge in [-0.05, 0) is 44.4 Å². The van der Waals surface area contributed by atoms with E-state index >= 15 is 0 Å². The van der Waals surface area contributed by atoms with Gasteiger partial charge in [0.15, 0.2) is 0 Å². The predicted octanol–water partition coefficient (Wildman–Crippen LogP) is 2.44. The van der Waals surface area contributed by atoms with Crippen molar-refractivity contribution in [1.82, 2.24) is 0 Å². The summed E-state index contributed by atoms with van der Waals surface area (Å²) in [7, 11) is 0. The lowest BCUT2D eigenvalue weighted by Gasteiger charge is -2.25. The molecule has 0 aliphatic carbocycles. The average Bonchev–Trinajstić information content (AvgIpc) is 2.29. The first kappa shape index (κ1) is 12.4. The standard InChI is InChI=1S/C14H21NO2/c1-14(2,15)11-5-3-6-12(9-11)17-13-7-4-8-16-10-13/h3,5-6,9,13H,4,7-8,10,15H2,1-2H3. The van der Waals surface area contributed by atoms with Gasteiger partial charge in [-0.2, -0.15) is 0 Å². The molecule has 0 radical (unpaired) electrons. The van der Waals surface area contributed by atoms with Gasteiger partial charge in [-0.3, -0.25) is 0 Å². The molecule has 1 heterocycles. The molecule has 1 saturated heterocycles. The van der Waals surface area contributed by atoms with Gasteiger partial charge in [-0.25, -0.2) is 0 Å². The van der Waals surface area contributed by atoms with Crippen molar-refractivity contribution in [3.05, 3.63) is 29.8 Å². The van der Waals surface area contributed by atoms with E-state index in [0.29, 0.717) is 6.61 Å². The Morgan fingerprint density at radius 2 is 2.24 bits per heavy atom. The second-order valence-corrected chi connectivity index (χ2v) is 5.21. The van der Waals surface area contributed by atoms with Gasteiger partial charge in [0.25, 0.3) is 0 Å². The predicted molar refractivity (Wildman–Crippen MR) is 68.1 cm³/mol. The van der Waals surface area contributed by atoms with Crippen LogP contribution < -0.4 is 10.5 Å². The molecule has 0 amide bonds. The summed E-state index contributed by atoms with van der Waals surface area (Å²) in [6, 6.07) is 8.02. The SMILES string of the molecule is CC(C)(N)c1cccc(OC2CCCOC2)c1. The second kappa shape index (κ2) is 5.07. The van der Waals surface area contributed by atoms with Crippen LogP contribution in [0.2, 0.25) is 0 Å². The Labute approximate surface area is 103 Å². The highest BCUT2D eigenvalue weighted by molar-refractivity contribution is 5.32. The average molecular weight is 235 g/mol. The summed E-state index contributed by atoms with van der Waals surface area (Å²) < 4.78 is 11.3. The summed E-state index contributed by atoms with van der Waals surface area (Å²) in [5, 5.41) is 0. The Kier molecular flexibility index (Phi) is 3.69. The largest absolute Gasteiger partial charge is 0.488 e. The third-order valence-electron chi connectivity index (χ3n) is 3.00. The van der Waals surface area contributed by atoms with Gasteiger partial charge in [-0.15, -0.1) is 0 Å².